The van der Waals surface area contributed by atoms with Gasteiger partial charge in [0, 0.05) is 29.6 Å². The van der Waals surface area contributed by atoms with E-state index in [4.69, 9.17) is 0 Å². The molecule has 0 saturated carbocycles. The molecule has 7 heteroatoms. The summed E-state index contributed by atoms with van der Waals surface area (Å²) >= 11 is 1.50. The highest BCUT2D eigenvalue weighted by Gasteiger charge is 2.10. The van der Waals surface area contributed by atoms with Crippen molar-refractivity contribution in [2.24, 2.45) is 0 Å². The van der Waals surface area contributed by atoms with E-state index >= 15 is 0 Å². The lowest BCUT2D eigenvalue weighted by Crippen LogP contribution is -2.35. The Bertz CT molecular complexity index is 1020. The summed E-state index contributed by atoms with van der Waals surface area (Å²) in [5, 5.41) is 8.17. The van der Waals surface area contributed by atoms with Gasteiger partial charge in [-0.1, -0.05) is 35.9 Å². The first-order valence-electron chi connectivity index (χ1n) is 9.25. The average Bonchev–Trinajstić information content (AvgIpc) is 3.16. The minimum atomic E-state index is -0.417. The van der Waals surface area contributed by atoms with Crippen molar-refractivity contribution in [2.45, 2.75) is 20.3 Å². The summed E-state index contributed by atoms with van der Waals surface area (Å²) in [7, 11) is 0. The zero-order valence-corrected chi connectivity index (χ0v) is 17.1. The highest BCUT2D eigenvalue weighted by molar-refractivity contribution is 7.13. The SMILES string of the molecule is Cc1ccc(-c2nc(CC(=O)NCCNC(=O)c3ccc(C)c(F)c3)cs2)cc1. The quantitative estimate of drug-likeness (QED) is 0.583. The Morgan fingerprint density at radius 3 is 2.48 bits per heavy atom. The molecule has 0 aliphatic carbocycles. The van der Waals surface area contributed by atoms with E-state index < -0.39 is 5.82 Å². The summed E-state index contributed by atoms with van der Waals surface area (Å²) in [5.41, 5.74) is 3.67. The molecule has 0 bridgehead atoms. The first kappa shape index (κ1) is 20.7. The van der Waals surface area contributed by atoms with Gasteiger partial charge in [0.15, 0.2) is 0 Å². The monoisotopic (exact) mass is 411 g/mol. The highest BCUT2D eigenvalue weighted by atomic mass is 32.1. The molecule has 0 aliphatic rings. The molecule has 150 valence electrons. The molecule has 3 rings (SSSR count). The summed E-state index contributed by atoms with van der Waals surface area (Å²) in [6.07, 6.45) is 0.180. The van der Waals surface area contributed by atoms with Crippen LogP contribution in [-0.4, -0.2) is 29.9 Å². The molecule has 3 aromatic rings. The van der Waals surface area contributed by atoms with Gasteiger partial charge in [-0.25, -0.2) is 9.37 Å². The van der Waals surface area contributed by atoms with Crippen LogP contribution in [0, 0.1) is 19.7 Å². The molecule has 0 unspecified atom stereocenters. The number of thiazole rings is 1. The second kappa shape index (κ2) is 9.43. The topological polar surface area (TPSA) is 71.1 Å². The molecule has 0 atom stereocenters. The smallest absolute Gasteiger partial charge is 0.251 e. The van der Waals surface area contributed by atoms with E-state index in [1.165, 1.54) is 23.0 Å². The number of carbonyl (C=O) groups excluding carboxylic acids is 2. The van der Waals surface area contributed by atoms with Crippen LogP contribution in [0.25, 0.3) is 10.6 Å². The molecule has 5 nitrogen and oxygen atoms in total. The predicted octanol–water partition coefficient (Wildman–Crippen LogP) is 3.65. The van der Waals surface area contributed by atoms with Crippen LogP contribution in [0.1, 0.15) is 27.2 Å². The zero-order valence-electron chi connectivity index (χ0n) is 16.3. The number of aromatic nitrogens is 1. The molecule has 2 amide bonds. The number of rotatable bonds is 7. The van der Waals surface area contributed by atoms with Crippen molar-refractivity contribution in [3.8, 4) is 10.6 Å². The first-order valence-corrected chi connectivity index (χ1v) is 10.1. The van der Waals surface area contributed by atoms with Crippen molar-refractivity contribution in [2.75, 3.05) is 13.1 Å². The molecule has 0 spiro atoms. The molecule has 0 saturated heterocycles. The minimum Gasteiger partial charge on any atom is -0.354 e. The number of nitrogens with zero attached hydrogens (tertiary/aromatic N) is 1. The Kier molecular flexibility index (Phi) is 6.72. The van der Waals surface area contributed by atoms with Gasteiger partial charge in [0.2, 0.25) is 5.91 Å². The molecule has 0 radical (unpaired) electrons. The molecule has 0 fully saturated rings. The largest absolute Gasteiger partial charge is 0.354 e. The third kappa shape index (κ3) is 5.71. The Labute approximate surface area is 173 Å². The summed E-state index contributed by atoms with van der Waals surface area (Å²) in [6.45, 7) is 4.21. The van der Waals surface area contributed by atoms with E-state index in [0.717, 1.165) is 10.6 Å². The van der Waals surface area contributed by atoms with E-state index in [1.54, 1.807) is 19.1 Å². The fourth-order valence-electron chi connectivity index (χ4n) is 2.66. The van der Waals surface area contributed by atoms with E-state index in [-0.39, 0.29) is 36.9 Å². The van der Waals surface area contributed by atoms with Gasteiger partial charge in [-0.3, -0.25) is 9.59 Å². The third-order valence-corrected chi connectivity index (χ3v) is 5.30. The molecule has 1 heterocycles. The number of nitrogens with one attached hydrogen (secondary N) is 2. The zero-order chi connectivity index (χ0) is 20.8. The minimum absolute atomic E-state index is 0.165. The maximum atomic E-state index is 13.5. The van der Waals surface area contributed by atoms with Gasteiger partial charge < -0.3 is 10.6 Å². The Hall–Kier alpha value is -3.06. The normalized spacial score (nSPS) is 10.6. The van der Waals surface area contributed by atoms with Crippen LogP contribution in [0.15, 0.2) is 47.8 Å². The van der Waals surface area contributed by atoms with Gasteiger partial charge in [-0.05, 0) is 31.5 Å². The first-order chi connectivity index (χ1) is 13.9. The molecule has 1 aromatic heterocycles. The van der Waals surface area contributed by atoms with Gasteiger partial charge >= 0.3 is 0 Å². The van der Waals surface area contributed by atoms with Gasteiger partial charge in [-0.2, -0.15) is 0 Å². The number of amides is 2. The second-order valence-electron chi connectivity index (χ2n) is 6.76. The number of hydrogen-bond donors (Lipinski definition) is 2. The molecular weight excluding hydrogens is 389 g/mol. The summed E-state index contributed by atoms with van der Waals surface area (Å²) in [5.74, 6) is -0.957. The molecule has 0 aliphatic heterocycles. The lowest BCUT2D eigenvalue weighted by Gasteiger charge is -2.07. The van der Waals surface area contributed by atoms with Crippen molar-refractivity contribution in [1.82, 2.24) is 15.6 Å². The molecular formula is C22H22FN3O2S. The van der Waals surface area contributed by atoms with Crippen LogP contribution in [0.4, 0.5) is 4.39 Å². The summed E-state index contributed by atoms with van der Waals surface area (Å²) < 4.78 is 13.5. The number of halogens is 1. The van der Waals surface area contributed by atoms with Gasteiger partial charge in [0.1, 0.15) is 10.8 Å². The van der Waals surface area contributed by atoms with Crippen LogP contribution in [0.3, 0.4) is 0 Å². The van der Waals surface area contributed by atoms with Crippen molar-refractivity contribution in [3.05, 3.63) is 76.0 Å². The highest BCUT2D eigenvalue weighted by Crippen LogP contribution is 2.24. The Morgan fingerprint density at radius 1 is 1.03 bits per heavy atom. The van der Waals surface area contributed by atoms with Gasteiger partial charge in [0.05, 0.1) is 12.1 Å². The van der Waals surface area contributed by atoms with Crippen molar-refractivity contribution in [3.63, 3.8) is 0 Å². The molecule has 2 aromatic carbocycles. The number of benzene rings is 2. The standard InChI is InChI=1S/C22H22FN3O2S/c1-14-3-6-16(7-4-14)22-26-18(13-29-22)12-20(27)24-9-10-25-21(28)17-8-5-15(2)19(23)11-17/h3-8,11,13H,9-10,12H2,1-2H3,(H,24,27)(H,25,28). The van der Waals surface area contributed by atoms with E-state index in [1.807, 2.05) is 36.6 Å². The van der Waals surface area contributed by atoms with Gasteiger partial charge in [-0.15, -0.1) is 11.3 Å². The number of aryl methyl sites for hydroxylation is 2. The molecule has 2 N–H and O–H groups in total. The summed E-state index contributed by atoms with van der Waals surface area (Å²) in [4.78, 5) is 28.6. The van der Waals surface area contributed by atoms with Crippen molar-refractivity contribution >= 4 is 23.2 Å². The maximum Gasteiger partial charge on any atom is 0.251 e. The molecule has 29 heavy (non-hydrogen) atoms. The lowest BCUT2D eigenvalue weighted by atomic mass is 10.1. The van der Waals surface area contributed by atoms with E-state index in [2.05, 4.69) is 15.6 Å². The fourth-order valence-corrected chi connectivity index (χ4v) is 3.48. The third-order valence-electron chi connectivity index (χ3n) is 4.36. The lowest BCUT2D eigenvalue weighted by molar-refractivity contribution is -0.120. The van der Waals surface area contributed by atoms with E-state index in [0.29, 0.717) is 11.3 Å². The number of hydrogen-bond acceptors (Lipinski definition) is 4. The van der Waals surface area contributed by atoms with Crippen LogP contribution in [-0.2, 0) is 11.2 Å². The average molecular weight is 412 g/mol. The fraction of sp³-hybridized carbons (Fsp3) is 0.227. The predicted molar refractivity (Wildman–Crippen MR) is 112 cm³/mol. The summed E-state index contributed by atoms with van der Waals surface area (Å²) in [6, 6.07) is 12.4. The van der Waals surface area contributed by atoms with Gasteiger partial charge in [0.25, 0.3) is 5.91 Å². The van der Waals surface area contributed by atoms with Crippen molar-refractivity contribution < 1.29 is 14.0 Å². The van der Waals surface area contributed by atoms with Crippen LogP contribution >= 0.6 is 11.3 Å². The van der Waals surface area contributed by atoms with Crippen LogP contribution in [0.2, 0.25) is 0 Å². The van der Waals surface area contributed by atoms with E-state index in [9.17, 15) is 14.0 Å². The van der Waals surface area contributed by atoms with Crippen LogP contribution < -0.4 is 10.6 Å². The van der Waals surface area contributed by atoms with Crippen LogP contribution in [0.5, 0.6) is 0 Å². The number of carbonyl (C=O) groups is 2. The Morgan fingerprint density at radius 2 is 1.76 bits per heavy atom. The Balaban J connectivity index is 1.42. The maximum absolute atomic E-state index is 13.5. The second-order valence-corrected chi connectivity index (χ2v) is 7.61. The van der Waals surface area contributed by atoms with Crippen molar-refractivity contribution in [1.29, 1.82) is 0 Å².